The molecule has 3 rings (SSSR count). The molecule has 1 atom stereocenters. The maximum absolute atomic E-state index is 12.9. The van der Waals surface area contributed by atoms with Gasteiger partial charge in [-0.25, -0.2) is 13.2 Å². The summed E-state index contributed by atoms with van der Waals surface area (Å²) in [5.41, 5.74) is 2.39. The molecule has 0 bridgehead atoms. The fraction of sp³-hybridized carbons (Fsp3) is 0.500. The maximum atomic E-state index is 12.9. The van der Waals surface area contributed by atoms with Crippen LogP contribution in [0.4, 0.5) is 5.69 Å². The Morgan fingerprint density at radius 2 is 1.87 bits per heavy atom. The van der Waals surface area contributed by atoms with Gasteiger partial charge >= 0.3 is 5.97 Å². The molecule has 1 aromatic heterocycles. The van der Waals surface area contributed by atoms with Crippen molar-refractivity contribution in [3.8, 4) is 0 Å². The van der Waals surface area contributed by atoms with Gasteiger partial charge in [0, 0.05) is 38.6 Å². The zero-order valence-corrected chi connectivity index (χ0v) is 18.7. The number of anilines is 1. The molecule has 1 aromatic carbocycles. The van der Waals surface area contributed by atoms with Gasteiger partial charge in [-0.3, -0.25) is 0 Å². The van der Waals surface area contributed by atoms with Gasteiger partial charge < -0.3 is 15.0 Å². The number of nitrogens with one attached hydrogen (secondary N) is 1. The molecular weight excluding hydrogens is 402 g/mol. The van der Waals surface area contributed by atoms with E-state index in [1.165, 1.54) is 33.7 Å². The summed E-state index contributed by atoms with van der Waals surface area (Å²) in [7, 11) is -2.14. The van der Waals surface area contributed by atoms with Gasteiger partial charge in [-0.15, -0.1) is 0 Å². The van der Waals surface area contributed by atoms with Crippen molar-refractivity contribution < 1.29 is 18.3 Å². The lowest BCUT2D eigenvalue weighted by Gasteiger charge is -2.31. The SMILES string of the molecule is CCC(C)c1ccc(NCC2CCN(S(=O)(=O)c3cc(C(=O)O)n(C)c3)CC2)cc1. The number of nitrogens with zero attached hydrogens (tertiary/aromatic N) is 2. The van der Waals surface area contributed by atoms with Crippen molar-refractivity contribution in [2.24, 2.45) is 13.0 Å². The summed E-state index contributed by atoms with van der Waals surface area (Å²) in [6, 6.07) is 9.77. The molecule has 1 unspecified atom stereocenters. The lowest BCUT2D eigenvalue weighted by atomic mass is 9.97. The third-order valence-electron chi connectivity index (χ3n) is 6.10. The third-order valence-corrected chi connectivity index (χ3v) is 7.96. The van der Waals surface area contributed by atoms with Gasteiger partial charge in [0.25, 0.3) is 0 Å². The number of carbonyl (C=O) groups is 1. The van der Waals surface area contributed by atoms with Crippen LogP contribution in [0.2, 0.25) is 0 Å². The Bertz CT molecular complexity index is 974. The van der Waals surface area contributed by atoms with E-state index in [2.05, 4.69) is 43.4 Å². The second-order valence-electron chi connectivity index (χ2n) is 8.14. The van der Waals surface area contributed by atoms with Crippen LogP contribution in [-0.4, -0.2) is 48.0 Å². The molecule has 0 spiro atoms. The molecular formula is C22H31N3O4S. The molecule has 0 amide bonds. The van der Waals surface area contributed by atoms with E-state index in [1.807, 2.05) is 0 Å². The number of carboxylic acids is 1. The molecule has 30 heavy (non-hydrogen) atoms. The summed E-state index contributed by atoms with van der Waals surface area (Å²) >= 11 is 0. The molecule has 1 saturated heterocycles. The highest BCUT2D eigenvalue weighted by molar-refractivity contribution is 7.89. The van der Waals surface area contributed by atoms with Crippen LogP contribution in [0.5, 0.6) is 0 Å². The molecule has 2 heterocycles. The molecule has 0 saturated carbocycles. The number of rotatable bonds is 8. The average molecular weight is 434 g/mol. The van der Waals surface area contributed by atoms with Crippen molar-refractivity contribution >= 4 is 21.7 Å². The van der Waals surface area contributed by atoms with Crippen molar-refractivity contribution in [2.75, 3.05) is 25.0 Å². The summed E-state index contributed by atoms with van der Waals surface area (Å²) in [4.78, 5) is 11.2. The first kappa shape index (κ1) is 22.4. The normalized spacial score (nSPS) is 17.0. The van der Waals surface area contributed by atoms with E-state index >= 15 is 0 Å². The summed E-state index contributed by atoms with van der Waals surface area (Å²) in [6.45, 7) is 6.11. The number of piperidine rings is 1. The third kappa shape index (κ3) is 4.87. The largest absolute Gasteiger partial charge is 0.477 e. The molecule has 164 valence electrons. The van der Waals surface area contributed by atoms with Gasteiger partial charge in [0.05, 0.1) is 0 Å². The van der Waals surface area contributed by atoms with Crippen molar-refractivity contribution in [1.29, 1.82) is 0 Å². The van der Waals surface area contributed by atoms with E-state index in [4.69, 9.17) is 5.11 Å². The highest BCUT2D eigenvalue weighted by atomic mass is 32.2. The van der Waals surface area contributed by atoms with Crippen LogP contribution in [0.25, 0.3) is 0 Å². The second-order valence-corrected chi connectivity index (χ2v) is 10.1. The minimum atomic E-state index is -3.67. The van der Waals surface area contributed by atoms with Crippen molar-refractivity contribution in [3.05, 3.63) is 47.8 Å². The molecule has 1 fully saturated rings. The summed E-state index contributed by atoms with van der Waals surface area (Å²) in [5, 5.41) is 12.6. The molecule has 1 aliphatic heterocycles. The molecule has 2 aromatic rings. The number of aromatic carboxylic acids is 1. The Labute approximate surface area is 178 Å². The van der Waals surface area contributed by atoms with Crippen molar-refractivity contribution in [1.82, 2.24) is 8.87 Å². The standard InChI is InChI=1S/C22H31N3O4S/c1-4-16(2)18-5-7-19(8-6-18)23-14-17-9-11-25(12-10-17)30(28,29)20-13-21(22(26)27)24(3)15-20/h5-8,13,15-17,23H,4,9-12,14H2,1-3H3,(H,26,27). The van der Waals surface area contributed by atoms with Crippen LogP contribution in [0.3, 0.4) is 0 Å². The zero-order chi connectivity index (χ0) is 21.9. The lowest BCUT2D eigenvalue weighted by molar-refractivity contribution is 0.0686. The van der Waals surface area contributed by atoms with E-state index in [1.54, 1.807) is 0 Å². The van der Waals surface area contributed by atoms with Gasteiger partial charge in [-0.2, -0.15) is 4.31 Å². The van der Waals surface area contributed by atoms with Gasteiger partial charge in [-0.05, 0) is 54.9 Å². The van der Waals surface area contributed by atoms with Gasteiger partial charge in [0.15, 0.2) is 0 Å². The van der Waals surface area contributed by atoms with E-state index in [-0.39, 0.29) is 10.6 Å². The first-order valence-corrected chi connectivity index (χ1v) is 11.9. The molecule has 0 aliphatic carbocycles. The Morgan fingerprint density at radius 3 is 2.40 bits per heavy atom. The highest BCUT2D eigenvalue weighted by Crippen LogP contribution is 2.26. The molecule has 1 aliphatic rings. The topological polar surface area (TPSA) is 91.6 Å². The fourth-order valence-electron chi connectivity index (χ4n) is 3.82. The Balaban J connectivity index is 1.54. The molecule has 2 N–H and O–H groups in total. The Hall–Kier alpha value is -2.32. The first-order valence-electron chi connectivity index (χ1n) is 10.5. The minimum Gasteiger partial charge on any atom is -0.477 e. The van der Waals surface area contributed by atoms with Crippen LogP contribution < -0.4 is 5.32 Å². The molecule has 0 radical (unpaired) electrons. The van der Waals surface area contributed by atoms with E-state index in [0.29, 0.717) is 24.9 Å². The van der Waals surface area contributed by atoms with Gasteiger partial charge in [-0.1, -0.05) is 26.0 Å². The monoisotopic (exact) mass is 433 g/mol. The number of carboxylic acid groups (broad SMARTS) is 1. The number of sulfonamides is 1. The summed E-state index contributed by atoms with van der Waals surface area (Å²) in [6.07, 6.45) is 4.04. The molecule has 8 heteroatoms. The van der Waals surface area contributed by atoms with Crippen LogP contribution in [-0.2, 0) is 17.1 Å². The van der Waals surface area contributed by atoms with Crippen molar-refractivity contribution in [2.45, 2.75) is 43.9 Å². The first-order chi connectivity index (χ1) is 14.2. The number of hydrogen-bond donors (Lipinski definition) is 2. The van der Waals surface area contributed by atoms with Crippen molar-refractivity contribution in [3.63, 3.8) is 0 Å². The van der Waals surface area contributed by atoms with E-state index in [0.717, 1.165) is 31.5 Å². The van der Waals surface area contributed by atoms with Gasteiger partial charge in [0.2, 0.25) is 10.0 Å². The predicted molar refractivity (Wildman–Crippen MR) is 117 cm³/mol. The fourth-order valence-corrected chi connectivity index (χ4v) is 5.36. The number of aryl methyl sites for hydroxylation is 1. The Morgan fingerprint density at radius 1 is 1.23 bits per heavy atom. The minimum absolute atomic E-state index is 0.0352. The van der Waals surface area contributed by atoms with Crippen LogP contribution in [0.1, 0.15) is 55.1 Å². The number of benzene rings is 1. The van der Waals surface area contributed by atoms with Crippen LogP contribution >= 0.6 is 0 Å². The Kier molecular flexibility index (Phi) is 6.88. The van der Waals surface area contributed by atoms with Gasteiger partial charge in [0.1, 0.15) is 10.6 Å². The molecule has 7 nitrogen and oxygen atoms in total. The maximum Gasteiger partial charge on any atom is 0.352 e. The zero-order valence-electron chi connectivity index (χ0n) is 17.8. The number of aromatic nitrogens is 1. The quantitative estimate of drug-likeness (QED) is 0.662. The smallest absolute Gasteiger partial charge is 0.352 e. The predicted octanol–water partition coefficient (Wildman–Crippen LogP) is 3.75. The van der Waals surface area contributed by atoms with Crippen LogP contribution in [0.15, 0.2) is 41.4 Å². The summed E-state index contributed by atoms with van der Waals surface area (Å²) < 4.78 is 28.5. The lowest BCUT2D eigenvalue weighted by Crippen LogP contribution is -2.39. The van der Waals surface area contributed by atoms with Crippen LogP contribution in [0, 0.1) is 5.92 Å². The van der Waals surface area contributed by atoms with E-state index < -0.39 is 16.0 Å². The number of hydrogen-bond acceptors (Lipinski definition) is 4. The average Bonchev–Trinajstić information content (AvgIpc) is 3.15. The highest BCUT2D eigenvalue weighted by Gasteiger charge is 2.31. The van der Waals surface area contributed by atoms with E-state index in [9.17, 15) is 13.2 Å². The summed E-state index contributed by atoms with van der Waals surface area (Å²) in [5.74, 6) is -0.182. The second kappa shape index (κ2) is 9.22.